The molecule has 0 saturated carbocycles. The maximum Gasteiger partial charge on any atom is 0.255 e. The van der Waals surface area contributed by atoms with Gasteiger partial charge in [-0.05, 0) is 38.4 Å². The number of carbonyl (C=O) groups excluding carboxylic acids is 1. The molecule has 17 heavy (non-hydrogen) atoms. The van der Waals surface area contributed by atoms with Gasteiger partial charge in [0.2, 0.25) is 0 Å². The van der Waals surface area contributed by atoms with E-state index in [0.717, 1.165) is 31.5 Å². The standard InChI is InChI=1S/C13H18N2O2/c1-9-4-5-12(16)11(7-9)13(17)15-10-3-2-6-14-8-10/h4-5,7,10,14,16H,2-3,6,8H2,1H3,(H,15,17)/t10-/m0/s1. The van der Waals surface area contributed by atoms with Crippen molar-refractivity contribution >= 4 is 5.91 Å². The minimum Gasteiger partial charge on any atom is -0.507 e. The van der Waals surface area contributed by atoms with Crippen molar-refractivity contribution in [2.75, 3.05) is 13.1 Å². The van der Waals surface area contributed by atoms with E-state index >= 15 is 0 Å². The van der Waals surface area contributed by atoms with Gasteiger partial charge in [-0.15, -0.1) is 0 Å². The molecule has 1 aromatic carbocycles. The maximum absolute atomic E-state index is 12.0. The number of rotatable bonds is 2. The van der Waals surface area contributed by atoms with Gasteiger partial charge < -0.3 is 15.7 Å². The maximum atomic E-state index is 12.0. The van der Waals surface area contributed by atoms with Crippen LogP contribution in [0.3, 0.4) is 0 Å². The average Bonchev–Trinajstić information content (AvgIpc) is 2.33. The summed E-state index contributed by atoms with van der Waals surface area (Å²) < 4.78 is 0. The van der Waals surface area contributed by atoms with Crippen LogP contribution in [0.25, 0.3) is 0 Å². The first-order chi connectivity index (χ1) is 8.16. The molecular weight excluding hydrogens is 216 g/mol. The van der Waals surface area contributed by atoms with Crippen molar-refractivity contribution in [1.29, 1.82) is 0 Å². The predicted octanol–water partition coefficient (Wildman–Crippen LogP) is 1.18. The number of amides is 1. The first-order valence-corrected chi connectivity index (χ1v) is 5.98. The lowest BCUT2D eigenvalue weighted by molar-refractivity contribution is 0.0928. The van der Waals surface area contributed by atoms with Crippen LogP contribution >= 0.6 is 0 Å². The predicted molar refractivity (Wildman–Crippen MR) is 66.2 cm³/mol. The van der Waals surface area contributed by atoms with E-state index in [4.69, 9.17) is 0 Å². The number of aryl methyl sites for hydroxylation is 1. The average molecular weight is 234 g/mol. The third-order valence-corrected chi connectivity index (χ3v) is 3.03. The lowest BCUT2D eigenvalue weighted by Crippen LogP contribution is -2.45. The van der Waals surface area contributed by atoms with Crippen molar-refractivity contribution in [3.63, 3.8) is 0 Å². The van der Waals surface area contributed by atoms with Crippen molar-refractivity contribution in [2.45, 2.75) is 25.8 Å². The molecule has 2 rings (SSSR count). The number of hydrogen-bond donors (Lipinski definition) is 3. The monoisotopic (exact) mass is 234 g/mol. The summed E-state index contributed by atoms with van der Waals surface area (Å²) in [5.74, 6) is -0.156. The third-order valence-electron chi connectivity index (χ3n) is 3.03. The molecule has 0 bridgehead atoms. The van der Waals surface area contributed by atoms with E-state index in [0.29, 0.717) is 5.56 Å². The first-order valence-electron chi connectivity index (χ1n) is 5.98. The zero-order chi connectivity index (χ0) is 12.3. The van der Waals surface area contributed by atoms with Crippen molar-refractivity contribution in [1.82, 2.24) is 10.6 Å². The Morgan fingerprint density at radius 3 is 3.06 bits per heavy atom. The smallest absolute Gasteiger partial charge is 0.255 e. The van der Waals surface area contributed by atoms with E-state index < -0.39 is 0 Å². The molecule has 1 aliphatic rings. The Labute approximate surface area is 101 Å². The number of carbonyl (C=O) groups is 1. The fraction of sp³-hybridized carbons (Fsp3) is 0.462. The molecule has 3 N–H and O–H groups in total. The van der Waals surface area contributed by atoms with Gasteiger partial charge in [0.15, 0.2) is 0 Å². The third kappa shape index (κ3) is 2.97. The van der Waals surface area contributed by atoms with Crippen LogP contribution in [0, 0.1) is 6.92 Å². The van der Waals surface area contributed by atoms with Gasteiger partial charge in [0.25, 0.3) is 5.91 Å². The summed E-state index contributed by atoms with van der Waals surface area (Å²) in [6, 6.07) is 5.22. The number of phenols is 1. The summed E-state index contributed by atoms with van der Waals surface area (Å²) in [7, 11) is 0. The van der Waals surface area contributed by atoms with Crippen molar-refractivity contribution in [3.05, 3.63) is 29.3 Å². The number of phenolic OH excluding ortho intramolecular Hbond substituents is 1. The lowest BCUT2D eigenvalue weighted by atomic mass is 10.1. The van der Waals surface area contributed by atoms with Crippen LogP contribution in [-0.2, 0) is 0 Å². The number of hydrogen-bond acceptors (Lipinski definition) is 3. The van der Waals surface area contributed by atoms with Gasteiger partial charge in [-0.3, -0.25) is 4.79 Å². The number of aromatic hydroxyl groups is 1. The van der Waals surface area contributed by atoms with Crippen molar-refractivity contribution < 1.29 is 9.90 Å². The Bertz CT molecular complexity index is 412. The van der Waals surface area contributed by atoms with Crippen molar-refractivity contribution in [3.8, 4) is 5.75 Å². The van der Waals surface area contributed by atoms with E-state index in [9.17, 15) is 9.90 Å². The van der Waals surface area contributed by atoms with Crippen LogP contribution in [0.4, 0.5) is 0 Å². The van der Waals surface area contributed by atoms with Crippen LogP contribution in [0.5, 0.6) is 5.75 Å². The van der Waals surface area contributed by atoms with Gasteiger partial charge in [0.05, 0.1) is 5.56 Å². The molecule has 0 aromatic heterocycles. The highest BCUT2D eigenvalue weighted by molar-refractivity contribution is 5.97. The summed E-state index contributed by atoms with van der Waals surface area (Å²) >= 11 is 0. The van der Waals surface area contributed by atoms with E-state index in [2.05, 4.69) is 10.6 Å². The molecular formula is C13H18N2O2. The zero-order valence-electron chi connectivity index (χ0n) is 9.99. The van der Waals surface area contributed by atoms with Gasteiger partial charge in [-0.1, -0.05) is 11.6 Å². The fourth-order valence-electron chi connectivity index (χ4n) is 2.07. The second-order valence-corrected chi connectivity index (χ2v) is 4.54. The SMILES string of the molecule is Cc1ccc(O)c(C(=O)N[C@H]2CCCNC2)c1. The number of benzene rings is 1. The Morgan fingerprint density at radius 1 is 1.53 bits per heavy atom. The Hall–Kier alpha value is -1.55. The molecule has 1 saturated heterocycles. The Balaban J connectivity index is 2.05. The second-order valence-electron chi connectivity index (χ2n) is 4.54. The molecule has 0 aliphatic carbocycles. The molecule has 1 aliphatic heterocycles. The van der Waals surface area contributed by atoms with E-state index in [1.807, 2.05) is 6.92 Å². The fourth-order valence-corrected chi connectivity index (χ4v) is 2.07. The second kappa shape index (κ2) is 5.19. The summed E-state index contributed by atoms with van der Waals surface area (Å²) in [4.78, 5) is 12.0. The highest BCUT2D eigenvalue weighted by Crippen LogP contribution is 2.18. The van der Waals surface area contributed by atoms with Crippen LogP contribution in [0.2, 0.25) is 0 Å². The lowest BCUT2D eigenvalue weighted by Gasteiger charge is -2.24. The Kier molecular flexibility index (Phi) is 3.64. The molecule has 0 spiro atoms. The molecule has 4 heteroatoms. The topological polar surface area (TPSA) is 61.4 Å². The number of nitrogens with one attached hydrogen (secondary N) is 2. The van der Waals surface area contributed by atoms with Crippen molar-refractivity contribution in [2.24, 2.45) is 0 Å². The van der Waals surface area contributed by atoms with Gasteiger partial charge >= 0.3 is 0 Å². The number of piperidine rings is 1. The van der Waals surface area contributed by atoms with Gasteiger partial charge in [-0.25, -0.2) is 0 Å². The molecule has 4 nitrogen and oxygen atoms in total. The van der Waals surface area contributed by atoms with Gasteiger partial charge in [-0.2, -0.15) is 0 Å². The molecule has 0 radical (unpaired) electrons. The first kappa shape index (κ1) is 11.9. The largest absolute Gasteiger partial charge is 0.507 e. The highest BCUT2D eigenvalue weighted by atomic mass is 16.3. The molecule has 1 amide bonds. The summed E-state index contributed by atoms with van der Waals surface area (Å²) in [6.45, 7) is 3.72. The molecule has 1 heterocycles. The summed E-state index contributed by atoms with van der Waals surface area (Å²) in [5.41, 5.74) is 1.32. The van der Waals surface area contributed by atoms with E-state index in [1.165, 1.54) is 0 Å². The van der Waals surface area contributed by atoms with Crippen LogP contribution in [0.15, 0.2) is 18.2 Å². The normalized spacial score (nSPS) is 19.9. The van der Waals surface area contributed by atoms with E-state index in [-0.39, 0.29) is 17.7 Å². The molecule has 92 valence electrons. The molecule has 0 unspecified atom stereocenters. The van der Waals surface area contributed by atoms with E-state index in [1.54, 1.807) is 18.2 Å². The minimum absolute atomic E-state index is 0.0388. The molecule has 1 aromatic rings. The quantitative estimate of drug-likeness (QED) is 0.720. The van der Waals surface area contributed by atoms with Gasteiger partial charge in [0.1, 0.15) is 5.75 Å². The molecule has 1 fully saturated rings. The summed E-state index contributed by atoms with van der Waals surface area (Å²) in [5, 5.41) is 15.8. The van der Waals surface area contributed by atoms with Crippen LogP contribution < -0.4 is 10.6 Å². The van der Waals surface area contributed by atoms with Crippen LogP contribution in [-0.4, -0.2) is 30.1 Å². The van der Waals surface area contributed by atoms with Crippen LogP contribution in [0.1, 0.15) is 28.8 Å². The minimum atomic E-state index is -0.195. The van der Waals surface area contributed by atoms with Gasteiger partial charge in [0, 0.05) is 12.6 Å². The molecule has 1 atom stereocenters. The zero-order valence-corrected chi connectivity index (χ0v) is 9.99. The summed E-state index contributed by atoms with van der Waals surface area (Å²) in [6.07, 6.45) is 2.07. The highest BCUT2D eigenvalue weighted by Gasteiger charge is 2.18. The Morgan fingerprint density at radius 2 is 2.35 bits per heavy atom.